The Morgan fingerprint density at radius 3 is 1.63 bits per heavy atom. The number of nitrogens with one attached hydrogen (secondary N) is 1. The van der Waals surface area contributed by atoms with Crippen molar-refractivity contribution >= 4 is 120 Å². The highest BCUT2D eigenvalue weighted by Crippen LogP contribution is 2.48. The van der Waals surface area contributed by atoms with E-state index in [1.807, 2.05) is 130 Å². The number of pyridine rings is 1. The first-order chi connectivity index (χ1) is 49.3. The van der Waals surface area contributed by atoms with E-state index in [2.05, 4.69) is 25.2 Å². The zero-order valence-electron chi connectivity index (χ0n) is 63.2. The van der Waals surface area contributed by atoms with E-state index >= 15 is 16.8 Å². The molecule has 8 rings (SSSR count). The van der Waals surface area contributed by atoms with Gasteiger partial charge in [0, 0.05) is 70.0 Å². The highest BCUT2D eigenvalue weighted by Gasteiger charge is 2.36. The summed E-state index contributed by atoms with van der Waals surface area (Å²) in [5.41, 5.74) is 6.81. The molecule has 0 amide bonds. The summed E-state index contributed by atoms with van der Waals surface area (Å²) in [6.45, 7) is 33.0. The third-order valence-electron chi connectivity index (χ3n) is 18.3. The van der Waals surface area contributed by atoms with E-state index in [9.17, 15) is 13.7 Å². The molecule has 0 aliphatic heterocycles. The van der Waals surface area contributed by atoms with Crippen molar-refractivity contribution in [1.82, 2.24) is 42.7 Å². The van der Waals surface area contributed by atoms with Crippen LogP contribution in [0.3, 0.4) is 0 Å². The number of unbranched alkanes of at least 4 members (excludes halogenated alkanes) is 8. The number of thiazole rings is 2. The Bertz CT molecular complexity index is 4630. The number of anilines is 4. The van der Waals surface area contributed by atoms with E-state index in [4.69, 9.17) is 39.6 Å². The van der Waals surface area contributed by atoms with Gasteiger partial charge in [0.25, 0.3) is 0 Å². The number of nitriles is 1. The Hall–Kier alpha value is -6.33. The van der Waals surface area contributed by atoms with Gasteiger partial charge in [-0.15, -0.1) is 30.9 Å². The van der Waals surface area contributed by atoms with Gasteiger partial charge >= 0.3 is 0 Å². The maximum absolute atomic E-state index is 15.9. The van der Waals surface area contributed by atoms with Crippen LogP contribution in [-0.2, 0) is 39.4 Å². The maximum Gasteiger partial charge on any atom is 0.244 e. The lowest BCUT2D eigenvalue weighted by Crippen LogP contribution is -2.34. The smallest absolute Gasteiger partial charge is 0.244 e. The van der Waals surface area contributed by atoms with Gasteiger partial charge in [0.2, 0.25) is 35.2 Å². The van der Waals surface area contributed by atoms with Crippen molar-refractivity contribution in [3.8, 4) is 21.8 Å². The molecule has 0 unspecified atom stereocenters. The number of azo groups is 1. The Kier molecular flexibility index (Phi) is 30.2. The lowest BCUT2D eigenvalue weighted by Gasteiger charge is -2.29. The molecule has 0 bridgehead atoms. The molecular weight excluding hydrogens is 1420 g/mol. The Balaban J connectivity index is 1.34. The molecule has 22 nitrogen and oxygen atoms in total. The Morgan fingerprint density at radius 2 is 1.07 bits per heavy atom. The van der Waals surface area contributed by atoms with Gasteiger partial charge in [0.15, 0.2) is 11.6 Å². The number of nitrogens with zero attached hydrogens (tertiary/aromatic N) is 13. The number of hydrogen-bond acceptors (Lipinski definition) is 21. The minimum atomic E-state index is -4.29. The number of rotatable bonds is 42. The summed E-state index contributed by atoms with van der Waals surface area (Å²) in [5, 5.41) is 31.8. The van der Waals surface area contributed by atoms with Gasteiger partial charge in [0.1, 0.15) is 28.1 Å². The summed E-state index contributed by atoms with van der Waals surface area (Å²) < 4.78 is 105. The van der Waals surface area contributed by atoms with E-state index in [1.54, 1.807) is 45.0 Å². The molecule has 8 aromatic rings. The first-order valence-electron chi connectivity index (χ1n) is 36.6. The van der Waals surface area contributed by atoms with Gasteiger partial charge in [-0.25, -0.2) is 40.2 Å². The third-order valence-corrected chi connectivity index (χ3v) is 27.1. The van der Waals surface area contributed by atoms with Gasteiger partial charge in [0.05, 0.1) is 64.1 Å². The zero-order valence-corrected chi connectivity index (χ0v) is 68.1. The molecule has 0 radical (unpaired) electrons. The molecule has 0 saturated heterocycles. The lowest BCUT2D eigenvalue weighted by molar-refractivity contribution is -0.360. The van der Waals surface area contributed by atoms with Crippen LogP contribution in [0.25, 0.3) is 36.1 Å². The van der Waals surface area contributed by atoms with Gasteiger partial charge < -0.3 is 10.2 Å². The molecule has 4 aromatic carbocycles. The second kappa shape index (κ2) is 37.8. The molecule has 0 aliphatic carbocycles. The van der Waals surface area contributed by atoms with Gasteiger partial charge in [-0.1, -0.05) is 130 Å². The Labute approximate surface area is 625 Å². The SMILES string of the molecule is CCCCN(CCCC)OOSc1ccc2nc(-n3nc(C)c(C#N)c3N=Nc3c(C)cc(N(C)c4c(C)cc(C)c(S(=O)(=O)N(CCCC)CCCC)c4-c4nc5ccc(S(=O)(=O)N(CCCC)CCCC)cc5s4)nc3Nc3c(C)cc(C)c(S(=O)(=O)N(CCCC)CCCC)c3C)sc2c1. The number of hydroxylamine groups is 2. The average molecular weight is 1520 g/mol. The summed E-state index contributed by atoms with van der Waals surface area (Å²) >= 11 is 3.69. The second-order valence-corrected chi connectivity index (χ2v) is 35.1. The molecule has 0 spiro atoms. The molecule has 4 heterocycles. The van der Waals surface area contributed by atoms with Crippen LogP contribution < -0.4 is 10.2 Å². The minimum Gasteiger partial charge on any atom is -0.338 e. The maximum atomic E-state index is 15.9. The first-order valence-corrected chi connectivity index (χ1v) is 43.3. The normalized spacial score (nSPS) is 12.5. The number of aryl methyl sites for hydroxylation is 6. The number of sulfonamides is 3. The molecular formula is C75H106N14O8S6. The monoisotopic (exact) mass is 1520 g/mol. The van der Waals surface area contributed by atoms with Crippen LogP contribution in [0.15, 0.2) is 84.4 Å². The van der Waals surface area contributed by atoms with Gasteiger partial charge in [-0.2, -0.15) is 33.0 Å². The number of aromatic nitrogens is 5. The second-order valence-electron chi connectivity index (χ2n) is 26.6. The highest BCUT2D eigenvalue weighted by atomic mass is 32.2. The molecule has 4 aromatic heterocycles. The topological polar surface area (TPSA) is 254 Å². The standard InChI is InChI=1S/C75H106N14O8S6/c1-17-25-37-85(38-26-18-2)96-97-100-58-33-35-62-63(48-58)99-75(78-62)89-73(60(50-76)57(15)83-89)82-81-68-52(10)47-65(79-72(68)80-67-51(9)45-54(12)70(56(67)14)102(92,93)87(41-29-21-5)42-30-22-6)84(16)69-53(11)46-55(13)71(103(94,95)88(43-31-23-7)44-32-24-8)66(69)74-77-61-36-34-59(49-64(61)98-74)101(90,91)86(39-27-19-3)40-28-20-4/h33-36,45-49H,17-32,37-44H2,1-16H3,(H,79,80). The summed E-state index contributed by atoms with van der Waals surface area (Å²) in [6.07, 6.45) is 12.9. The zero-order chi connectivity index (χ0) is 74.9. The molecule has 560 valence electrons. The van der Waals surface area contributed by atoms with Gasteiger partial charge in [-0.05, 0) is 176 Å². The van der Waals surface area contributed by atoms with Crippen LogP contribution in [0, 0.1) is 59.8 Å². The van der Waals surface area contributed by atoms with Crippen molar-refractivity contribution in [2.45, 2.75) is 226 Å². The predicted molar refractivity (Wildman–Crippen MR) is 421 cm³/mol. The van der Waals surface area contributed by atoms with Crippen LogP contribution in [0.4, 0.5) is 34.5 Å². The van der Waals surface area contributed by atoms with Crippen LogP contribution in [0.2, 0.25) is 0 Å². The fraction of sp³-hybridized carbons (Fsp3) is 0.533. The predicted octanol–water partition coefficient (Wildman–Crippen LogP) is 19.7. The molecule has 103 heavy (non-hydrogen) atoms. The molecule has 0 aliphatic rings. The van der Waals surface area contributed by atoms with E-state index < -0.39 is 30.1 Å². The Morgan fingerprint density at radius 1 is 0.563 bits per heavy atom. The van der Waals surface area contributed by atoms with E-state index in [0.29, 0.717) is 160 Å². The number of benzene rings is 4. The largest absolute Gasteiger partial charge is 0.338 e. The summed E-state index contributed by atoms with van der Waals surface area (Å²) in [7, 11) is -10.4. The van der Waals surface area contributed by atoms with Crippen molar-refractivity contribution in [3.63, 3.8) is 0 Å². The molecule has 1 N–H and O–H groups in total. The van der Waals surface area contributed by atoms with Crippen molar-refractivity contribution in [1.29, 1.82) is 5.26 Å². The van der Waals surface area contributed by atoms with Crippen molar-refractivity contribution in [2.24, 2.45) is 10.2 Å². The molecule has 0 atom stereocenters. The summed E-state index contributed by atoms with van der Waals surface area (Å²) in [6, 6.07) is 18.6. The number of hydrogen-bond donors (Lipinski definition) is 1. The fourth-order valence-corrected chi connectivity index (χ4v) is 20.7. The third kappa shape index (κ3) is 19.3. The van der Waals surface area contributed by atoms with Crippen molar-refractivity contribution in [2.75, 3.05) is 69.6 Å². The summed E-state index contributed by atoms with van der Waals surface area (Å²) in [5.74, 6) is 0.615. The molecule has 0 saturated carbocycles. The van der Waals surface area contributed by atoms with Crippen LogP contribution in [0.1, 0.15) is 203 Å². The lowest BCUT2D eigenvalue weighted by atomic mass is 10.0. The van der Waals surface area contributed by atoms with Crippen molar-refractivity contribution < 1.29 is 34.6 Å². The average Bonchev–Trinajstić information content (AvgIpc) is 1.71. The molecule has 28 heteroatoms. The van der Waals surface area contributed by atoms with E-state index in [1.165, 1.54) is 27.4 Å². The number of fused-ring (bicyclic) bond motifs is 2. The van der Waals surface area contributed by atoms with Crippen molar-refractivity contribution in [3.05, 3.63) is 99.2 Å². The van der Waals surface area contributed by atoms with Crippen LogP contribution in [-0.4, -0.2) is 127 Å². The minimum absolute atomic E-state index is 0.0788. The highest BCUT2D eigenvalue weighted by molar-refractivity contribution is 7.94. The molecule has 0 fully saturated rings. The quantitative estimate of drug-likeness (QED) is 0.0161. The van der Waals surface area contributed by atoms with Gasteiger partial charge in [-0.3, -0.25) is 0 Å². The summed E-state index contributed by atoms with van der Waals surface area (Å²) in [4.78, 5) is 24.4. The van der Waals surface area contributed by atoms with E-state index in [0.717, 1.165) is 104 Å². The first kappa shape index (κ1) is 82.3. The van der Waals surface area contributed by atoms with Crippen LogP contribution >= 0.6 is 34.7 Å². The van der Waals surface area contributed by atoms with Crippen LogP contribution in [0.5, 0.6) is 0 Å². The fourth-order valence-electron chi connectivity index (χ4n) is 12.5. The van der Waals surface area contributed by atoms with E-state index in [-0.39, 0.29) is 37.6 Å².